The van der Waals surface area contributed by atoms with Gasteiger partial charge in [-0.25, -0.2) is 4.99 Å². The lowest BCUT2D eigenvalue weighted by Gasteiger charge is -2.46. The molecule has 1 aromatic carbocycles. The first kappa shape index (κ1) is 17.9. The van der Waals surface area contributed by atoms with E-state index in [-0.39, 0.29) is 10.6 Å². The average molecular weight is 343 g/mol. The molecule has 1 saturated carbocycles. The summed E-state index contributed by atoms with van der Waals surface area (Å²) < 4.78 is 0. The number of rotatable bonds is 4. The summed E-state index contributed by atoms with van der Waals surface area (Å²) in [5.74, 6) is 2.59. The van der Waals surface area contributed by atoms with E-state index >= 15 is 0 Å². The van der Waals surface area contributed by atoms with Crippen molar-refractivity contribution in [3.8, 4) is 0 Å². The summed E-state index contributed by atoms with van der Waals surface area (Å²) in [6.07, 6.45) is 7.55. The highest BCUT2D eigenvalue weighted by molar-refractivity contribution is 5.86. The van der Waals surface area contributed by atoms with Crippen molar-refractivity contribution >= 4 is 17.2 Å². The Morgan fingerprint density at radius 3 is 2.72 bits per heavy atom. The molecule has 136 valence electrons. The molecule has 5 heteroatoms. The van der Waals surface area contributed by atoms with E-state index in [1.807, 2.05) is 6.92 Å². The molecule has 0 amide bonds. The van der Waals surface area contributed by atoms with E-state index in [1.54, 1.807) is 18.2 Å². The van der Waals surface area contributed by atoms with Gasteiger partial charge in [0.05, 0.1) is 10.6 Å². The van der Waals surface area contributed by atoms with E-state index in [9.17, 15) is 10.1 Å². The highest BCUT2D eigenvalue weighted by Gasteiger charge is 2.36. The van der Waals surface area contributed by atoms with Gasteiger partial charge in [-0.1, -0.05) is 26.7 Å². The normalized spacial score (nSPS) is 25.3. The molecule has 25 heavy (non-hydrogen) atoms. The lowest BCUT2D eigenvalue weighted by molar-refractivity contribution is -0.384. The molecular formula is C20H29N3O2. The van der Waals surface area contributed by atoms with Crippen molar-refractivity contribution in [2.45, 2.75) is 65.3 Å². The first-order valence-electron chi connectivity index (χ1n) is 9.55. The molecule has 1 aromatic rings. The van der Waals surface area contributed by atoms with Gasteiger partial charge in [-0.15, -0.1) is 0 Å². The van der Waals surface area contributed by atoms with Crippen molar-refractivity contribution in [3.63, 3.8) is 0 Å². The molecule has 5 nitrogen and oxygen atoms in total. The standard InChI is InChI=1S/C20H29N3O2/c1-14(2)13-22-19-7-5-4-6-16(19)8-11-20(22)21-18-10-9-17(23(24)25)12-15(18)3/h9-10,12,14,16,19H,4-8,11,13H2,1-3H3/t16-,19+/m0/s1. The number of nitro benzene ring substituents is 1. The minimum Gasteiger partial charge on any atom is -0.357 e. The molecule has 0 radical (unpaired) electrons. The van der Waals surface area contributed by atoms with Crippen LogP contribution in [0.5, 0.6) is 0 Å². The number of aryl methyl sites for hydroxylation is 1. The van der Waals surface area contributed by atoms with Gasteiger partial charge in [0.15, 0.2) is 0 Å². The first-order chi connectivity index (χ1) is 12.0. The SMILES string of the molecule is Cc1cc([N+](=O)[O-])ccc1N=C1CC[C@@H]2CCCC[C@H]2N1CC(C)C. The Morgan fingerprint density at radius 1 is 1.28 bits per heavy atom. The number of hydrogen-bond acceptors (Lipinski definition) is 3. The Bertz CT molecular complexity index is 669. The largest absolute Gasteiger partial charge is 0.357 e. The van der Waals surface area contributed by atoms with Crippen LogP contribution in [0.3, 0.4) is 0 Å². The van der Waals surface area contributed by atoms with Crippen LogP contribution in [0, 0.1) is 28.9 Å². The second-order valence-electron chi connectivity index (χ2n) is 7.95. The summed E-state index contributed by atoms with van der Waals surface area (Å²) in [7, 11) is 0. The Morgan fingerprint density at radius 2 is 2.04 bits per heavy atom. The van der Waals surface area contributed by atoms with Gasteiger partial charge in [0.25, 0.3) is 5.69 Å². The van der Waals surface area contributed by atoms with Crippen LogP contribution in [0.2, 0.25) is 0 Å². The Labute approximate surface area is 150 Å². The molecule has 0 aromatic heterocycles. The molecule has 2 fully saturated rings. The summed E-state index contributed by atoms with van der Waals surface area (Å²) in [4.78, 5) is 18.1. The van der Waals surface area contributed by atoms with Crippen molar-refractivity contribution in [3.05, 3.63) is 33.9 Å². The summed E-state index contributed by atoms with van der Waals surface area (Å²) in [6.45, 7) is 7.49. The summed E-state index contributed by atoms with van der Waals surface area (Å²) in [5, 5.41) is 10.9. The topological polar surface area (TPSA) is 58.7 Å². The third-order valence-corrected chi connectivity index (χ3v) is 5.54. The zero-order valence-corrected chi connectivity index (χ0v) is 15.6. The van der Waals surface area contributed by atoms with Crippen LogP contribution in [0.4, 0.5) is 11.4 Å². The summed E-state index contributed by atoms with van der Waals surface area (Å²) in [6, 6.07) is 5.60. The molecule has 1 saturated heterocycles. The van der Waals surface area contributed by atoms with Crippen LogP contribution in [-0.2, 0) is 0 Å². The number of non-ortho nitro benzene ring substituents is 1. The molecule has 0 N–H and O–H groups in total. The molecule has 2 aliphatic rings. The summed E-state index contributed by atoms with van der Waals surface area (Å²) in [5.41, 5.74) is 1.87. The van der Waals surface area contributed by atoms with Crippen molar-refractivity contribution in [1.29, 1.82) is 0 Å². The average Bonchev–Trinajstić information content (AvgIpc) is 2.58. The van der Waals surface area contributed by atoms with E-state index in [0.29, 0.717) is 12.0 Å². The molecule has 0 unspecified atom stereocenters. The number of nitro groups is 1. The number of likely N-dealkylation sites (tertiary alicyclic amines) is 1. The van der Waals surface area contributed by atoms with Crippen LogP contribution in [-0.4, -0.2) is 28.2 Å². The maximum Gasteiger partial charge on any atom is 0.269 e. The van der Waals surface area contributed by atoms with Gasteiger partial charge in [0.2, 0.25) is 0 Å². The lowest BCUT2D eigenvalue weighted by Crippen LogP contribution is -2.51. The Kier molecular flexibility index (Phi) is 5.40. The van der Waals surface area contributed by atoms with Gasteiger partial charge >= 0.3 is 0 Å². The fourth-order valence-electron chi connectivity index (χ4n) is 4.36. The van der Waals surface area contributed by atoms with E-state index in [0.717, 1.165) is 30.1 Å². The van der Waals surface area contributed by atoms with Gasteiger partial charge in [-0.05, 0) is 49.7 Å². The molecule has 1 heterocycles. The van der Waals surface area contributed by atoms with E-state index in [2.05, 4.69) is 18.7 Å². The van der Waals surface area contributed by atoms with E-state index < -0.39 is 0 Å². The molecule has 1 aliphatic carbocycles. The van der Waals surface area contributed by atoms with Crippen LogP contribution in [0.15, 0.2) is 23.2 Å². The fraction of sp³-hybridized carbons (Fsp3) is 0.650. The number of piperidine rings is 1. The lowest BCUT2D eigenvalue weighted by atomic mass is 9.77. The van der Waals surface area contributed by atoms with Gasteiger partial charge in [0.1, 0.15) is 5.84 Å². The monoisotopic (exact) mass is 343 g/mol. The number of hydrogen-bond donors (Lipinski definition) is 0. The fourth-order valence-corrected chi connectivity index (χ4v) is 4.36. The van der Waals surface area contributed by atoms with Crippen LogP contribution in [0.1, 0.15) is 57.9 Å². The molecule has 1 aliphatic heterocycles. The molecule has 0 bridgehead atoms. The molecule has 2 atom stereocenters. The highest BCUT2D eigenvalue weighted by atomic mass is 16.6. The van der Waals surface area contributed by atoms with Gasteiger partial charge < -0.3 is 4.90 Å². The minimum atomic E-state index is -0.345. The Balaban J connectivity index is 1.90. The smallest absolute Gasteiger partial charge is 0.269 e. The number of nitrogens with zero attached hydrogens (tertiary/aromatic N) is 3. The first-order valence-corrected chi connectivity index (χ1v) is 9.55. The minimum absolute atomic E-state index is 0.136. The van der Waals surface area contributed by atoms with E-state index in [4.69, 9.17) is 4.99 Å². The second kappa shape index (κ2) is 7.54. The predicted octanol–water partition coefficient (Wildman–Crippen LogP) is 5.24. The quantitative estimate of drug-likeness (QED) is 0.554. The number of aliphatic imine (C=N–C) groups is 1. The zero-order chi connectivity index (χ0) is 18.0. The Hall–Kier alpha value is -1.91. The van der Waals surface area contributed by atoms with Crippen molar-refractivity contribution < 1.29 is 4.92 Å². The van der Waals surface area contributed by atoms with Crippen molar-refractivity contribution in [1.82, 2.24) is 4.90 Å². The maximum absolute atomic E-state index is 10.9. The van der Waals surface area contributed by atoms with E-state index in [1.165, 1.54) is 37.9 Å². The zero-order valence-electron chi connectivity index (χ0n) is 15.6. The van der Waals surface area contributed by atoms with Crippen LogP contribution >= 0.6 is 0 Å². The molecular weight excluding hydrogens is 314 g/mol. The van der Waals surface area contributed by atoms with Gasteiger partial charge in [-0.2, -0.15) is 0 Å². The summed E-state index contributed by atoms with van der Waals surface area (Å²) >= 11 is 0. The number of benzene rings is 1. The second-order valence-corrected chi connectivity index (χ2v) is 7.95. The molecule has 0 spiro atoms. The van der Waals surface area contributed by atoms with Crippen LogP contribution < -0.4 is 0 Å². The molecule has 3 rings (SSSR count). The third kappa shape index (κ3) is 4.02. The van der Waals surface area contributed by atoms with Crippen molar-refractivity contribution in [2.24, 2.45) is 16.8 Å². The highest BCUT2D eigenvalue weighted by Crippen LogP contribution is 2.37. The van der Waals surface area contributed by atoms with Gasteiger partial charge in [-0.3, -0.25) is 10.1 Å². The third-order valence-electron chi connectivity index (χ3n) is 5.54. The van der Waals surface area contributed by atoms with Crippen molar-refractivity contribution in [2.75, 3.05) is 6.54 Å². The number of amidine groups is 1. The predicted molar refractivity (Wildman–Crippen MR) is 101 cm³/mol. The van der Waals surface area contributed by atoms with Crippen LogP contribution in [0.25, 0.3) is 0 Å². The van der Waals surface area contributed by atoms with Gasteiger partial charge in [0, 0.05) is 31.1 Å². The maximum atomic E-state index is 10.9. The number of fused-ring (bicyclic) bond motifs is 1.